The van der Waals surface area contributed by atoms with Crippen LogP contribution in [0.25, 0.3) is 10.9 Å². The number of benzene rings is 2. The fourth-order valence-corrected chi connectivity index (χ4v) is 3.68. The van der Waals surface area contributed by atoms with Gasteiger partial charge in [-0.05, 0) is 42.8 Å². The van der Waals surface area contributed by atoms with Crippen LogP contribution in [0.3, 0.4) is 0 Å². The third-order valence-electron chi connectivity index (χ3n) is 4.21. The van der Waals surface area contributed by atoms with Crippen molar-refractivity contribution in [2.45, 2.75) is 19.9 Å². The Hall–Kier alpha value is -2.46. The van der Waals surface area contributed by atoms with Gasteiger partial charge in [0, 0.05) is 41.1 Å². The SMILES string of the molecule is Cc1ccc2c(c1)cc(Cc1nccs1)n2Cc1ccc(F)cc1. The predicted molar refractivity (Wildman–Crippen MR) is 97.1 cm³/mol. The number of thiazole rings is 1. The van der Waals surface area contributed by atoms with E-state index in [0.29, 0.717) is 0 Å². The first-order valence-electron chi connectivity index (χ1n) is 7.90. The summed E-state index contributed by atoms with van der Waals surface area (Å²) < 4.78 is 15.5. The van der Waals surface area contributed by atoms with E-state index in [9.17, 15) is 4.39 Å². The smallest absolute Gasteiger partial charge is 0.123 e. The van der Waals surface area contributed by atoms with Crippen LogP contribution in [0.5, 0.6) is 0 Å². The Morgan fingerprint density at radius 3 is 2.67 bits per heavy atom. The van der Waals surface area contributed by atoms with Crippen LogP contribution in [0.4, 0.5) is 4.39 Å². The summed E-state index contributed by atoms with van der Waals surface area (Å²) in [6.45, 7) is 2.84. The molecule has 2 nitrogen and oxygen atoms in total. The minimum absolute atomic E-state index is 0.199. The molecule has 0 fully saturated rings. The molecule has 4 rings (SSSR count). The van der Waals surface area contributed by atoms with E-state index in [4.69, 9.17) is 0 Å². The average molecular weight is 336 g/mol. The maximum Gasteiger partial charge on any atom is 0.123 e. The summed E-state index contributed by atoms with van der Waals surface area (Å²) in [5.74, 6) is -0.199. The van der Waals surface area contributed by atoms with Gasteiger partial charge in [-0.3, -0.25) is 0 Å². The first-order valence-corrected chi connectivity index (χ1v) is 8.78. The van der Waals surface area contributed by atoms with Gasteiger partial charge in [-0.25, -0.2) is 9.37 Å². The molecule has 0 bridgehead atoms. The van der Waals surface area contributed by atoms with Crippen molar-refractivity contribution in [2.24, 2.45) is 0 Å². The third kappa shape index (κ3) is 2.97. The summed E-state index contributed by atoms with van der Waals surface area (Å²) in [6, 6.07) is 15.5. The van der Waals surface area contributed by atoms with Crippen LogP contribution in [0, 0.1) is 12.7 Å². The molecule has 0 saturated heterocycles. The second-order valence-electron chi connectivity index (χ2n) is 6.01. The lowest BCUT2D eigenvalue weighted by Gasteiger charge is -2.11. The van der Waals surface area contributed by atoms with Crippen molar-refractivity contribution in [1.29, 1.82) is 0 Å². The highest BCUT2D eigenvalue weighted by Gasteiger charge is 2.11. The summed E-state index contributed by atoms with van der Waals surface area (Å²) >= 11 is 1.67. The zero-order chi connectivity index (χ0) is 16.5. The maximum atomic E-state index is 13.2. The number of hydrogen-bond acceptors (Lipinski definition) is 2. The number of halogens is 1. The summed E-state index contributed by atoms with van der Waals surface area (Å²) in [7, 11) is 0. The summed E-state index contributed by atoms with van der Waals surface area (Å²) in [4.78, 5) is 4.41. The minimum Gasteiger partial charge on any atom is -0.340 e. The van der Waals surface area contributed by atoms with Crippen molar-refractivity contribution in [3.05, 3.63) is 87.8 Å². The topological polar surface area (TPSA) is 17.8 Å². The van der Waals surface area contributed by atoms with E-state index >= 15 is 0 Å². The molecule has 24 heavy (non-hydrogen) atoms. The van der Waals surface area contributed by atoms with Gasteiger partial charge in [0.05, 0.1) is 5.01 Å². The van der Waals surface area contributed by atoms with Gasteiger partial charge in [0.25, 0.3) is 0 Å². The van der Waals surface area contributed by atoms with Gasteiger partial charge in [-0.2, -0.15) is 0 Å². The minimum atomic E-state index is -0.199. The zero-order valence-corrected chi connectivity index (χ0v) is 14.2. The van der Waals surface area contributed by atoms with E-state index in [-0.39, 0.29) is 5.82 Å². The molecule has 4 heteroatoms. The standard InChI is InChI=1S/C20H17FN2S/c1-14-2-7-19-16(10-14)11-18(12-20-22-8-9-24-20)23(19)13-15-3-5-17(21)6-4-15/h2-11H,12-13H2,1H3. The van der Waals surface area contributed by atoms with E-state index in [2.05, 4.69) is 40.7 Å². The highest BCUT2D eigenvalue weighted by Crippen LogP contribution is 2.25. The van der Waals surface area contributed by atoms with Gasteiger partial charge in [0.15, 0.2) is 0 Å². The first kappa shape index (κ1) is 15.1. The van der Waals surface area contributed by atoms with E-state index in [1.54, 1.807) is 11.3 Å². The normalized spacial score (nSPS) is 11.2. The first-order chi connectivity index (χ1) is 11.7. The summed E-state index contributed by atoms with van der Waals surface area (Å²) in [6.07, 6.45) is 2.66. The van der Waals surface area contributed by atoms with Gasteiger partial charge >= 0.3 is 0 Å². The molecule has 0 spiro atoms. The molecule has 0 aliphatic carbocycles. The van der Waals surface area contributed by atoms with Crippen molar-refractivity contribution < 1.29 is 4.39 Å². The fraction of sp³-hybridized carbons (Fsp3) is 0.150. The van der Waals surface area contributed by atoms with Gasteiger partial charge in [-0.15, -0.1) is 11.3 Å². The molecule has 0 radical (unpaired) electrons. The van der Waals surface area contributed by atoms with Crippen LogP contribution in [-0.4, -0.2) is 9.55 Å². The third-order valence-corrected chi connectivity index (χ3v) is 4.99. The number of hydrogen-bond donors (Lipinski definition) is 0. The maximum absolute atomic E-state index is 13.2. The van der Waals surface area contributed by atoms with E-state index in [1.165, 1.54) is 34.3 Å². The zero-order valence-electron chi connectivity index (χ0n) is 13.4. The average Bonchev–Trinajstić information content (AvgIpc) is 3.18. The lowest BCUT2D eigenvalue weighted by molar-refractivity contribution is 0.626. The molecular formula is C20H17FN2S. The van der Waals surface area contributed by atoms with Gasteiger partial charge in [0.2, 0.25) is 0 Å². The van der Waals surface area contributed by atoms with E-state index < -0.39 is 0 Å². The van der Waals surface area contributed by atoms with E-state index in [1.807, 2.05) is 23.7 Å². The second kappa shape index (κ2) is 6.21. The monoisotopic (exact) mass is 336 g/mol. The number of rotatable bonds is 4. The Balaban J connectivity index is 1.79. The number of nitrogens with zero attached hydrogens (tertiary/aromatic N) is 2. The van der Waals surface area contributed by atoms with Crippen molar-refractivity contribution in [3.63, 3.8) is 0 Å². The molecule has 0 aliphatic rings. The second-order valence-corrected chi connectivity index (χ2v) is 6.99. The van der Waals surface area contributed by atoms with Crippen molar-refractivity contribution in [3.8, 4) is 0 Å². The highest BCUT2D eigenvalue weighted by atomic mass is 32.1. The van der Waals surface area contributed by atoms with Crippen molar-refractivity contribution in [2.75, 3.05) is 0 Å². The summed E-state index contributed by atoms with van der Waals surface area (Å²) in [5, 5.41) is 4.35. The van der Waals surface area contributed by atoms with Crippen LogP contribution in [0.15, 0.2) is 60.1 Å². The Bertz CT molecular complexity index is 969. The number of aryl methyl sites for hydroxylation is 1. The van der Waals surface area contributed by atoms with Gasteiger partial charge in [0.1, 0.15) is 5.82 Å². The quantitative estimate of drug-likeness (QED) is 0.502. The molecule has 2 aromatic carbocycles. The largest absolute Gasteiger partial charge is 0.340 e. The molecule has 2 heterocycles. The van der Waals surface area contributed by atoms with Crippen molar-refractivity contribution >= 4 is 22.2 Å². The number of aromatic nitrogens is 2. The van der Waals surface area contributed by atoms with E-state index in [0.717, 1.165) is 23.5 Å². The predicted octanol–water partition coefficient (Wildman–Crippen LogP) is 5.18. The summed E-state index contributed by atoms with van der Waals surface area (Å²) in [5.41, 5.74) is 4.78. The van der Waals surface area contributed by atoms with Crippen LogP contribution >= 0.6 is 11.3 Å². The lowest BCUT2D eigenvalue weighted by atomic mass is 10.2. The molecular weight excluding hydrogens is 319 g/mol. The molecule has 0 saturated carbocycles. The molecule has 0 unspecified atom stereocenters. The van der Waals surface area contributed by atoms with Gasteiger partial charge in [-0.1, -0.05) is 23.8 Å². The number of fused-ring (bicyclic) bond motifs is 1. The Morgan fingerprint density at radius 1 is 1.08 bits per heavy atom. The molecule has 0 aliphatic heterocycles. The van der Waals surface area contributed by atoms with Gasteiger partial charge < -0.3 is 4.57 Å². The van der Waals surface area contributed by atoms with Crippen LogP contribution in [0.2, 0.25) is 0 Å². The highest BCUT2D eigenvalue weighted by molar-refractivity contribution is 7.09. The molecule has 0 amide bonds. The van der Waals surface area contributed by atoms with Crippen molar-refractivity contribution in [1.82, 2.24) is 9.55 Å². The van der Waals surface area contributed by atoms with Crippen LogP contribution in [-0.2, 0) is 13.0 Å². The molecule has 0 atom stereocenters. The Kier molecular flexibility index (Phi) is 3.90. The van der Waals surface area contributed by atoms with Crippen LogP contribution < -0.4 is 0 Å². The lowest BCUT2D eigenvalue weighted by Crippen LogP contribution is -2.05. The Morgan fingerprint density at radius 2 is 1.92 bits per heavy atom. The fourth-order valence-electron chi connectivity index (χ4n) is 3.05. The van der Waals surface area contributed by atoms with Crippen LogP contribution in [0.1, 0.15) is 21.8 Å². The molecule has 2 aromatic heterocycles. The molecule has 0 N–H and O–H groups in total. The molecule has 4 aromatic rings. The Labute approximate surface area is 144 Å². The molecule has 120 valence electrons.